The molecular weight excluding hydrogens is 206 g/mol. The lowest BCUT2D eigenvalue weighted by Crippen LogP contribution is -1.96. The van der Waals surface area contributed by atoms with Crippen LogP contribution in [-0.4, -0.2) is 6.54 Å². The van der Waals surface area contributed by atoms with Crippen LogP contribution in [0.15, 0.2) is 12.1 Å². The molecule has 0 radical (unpaired) electrons. The number of aryl methyl sites for hydroxylation is 2. The van der Waals surface area contributed by atoms with Crippen molar-refractivity contribution in [3.8, 4) is 11.8 Å². The largest absolute Gasteiger partial charge is 0.330 e. The minimum absolute atomic E-state index is 0.690. The molecule has 1 rings (SSSR count). The van der Waals surface area contributed by atoms with Crippen molar-refractivity contribution in [1.29, 1.82) is 0 Å². The Balaban J connectivity index is 2.84. The summed E-state index contributed by atoms with van der Waals surface area (Å²) in [6.07, 6.45) is 1.77. The normalized spacial score (nSPS) is 9.60. The second-order valence-corrected chi connectivity index (χ2v) is 4.02. The van der Waals surface area contributed by atoms with Gasteiger partial charge < -0.3 is 5.73 Å². The smallest absolute Gasteiger partial charge is 0.0565 e. The highest BCUT2D eigenvalue weighted by molar-refractivity contribution is 6.31. The van der Waals surface area contributed by atoms with E-state index in [0.717, 1.165) is 23.4 Å². The standard InChI is InChI=1S/C13H16ClN/c1-10-8-12(6-4-3-5-7-15)13(14)9-11(10)2/h8-9H,3,5,7,15H2,1-2H3. The maximum absolute atomic E-state index is 6.09. The van der Waals surface area contributed by atoms with Gasteiger partial charge in [-0.2, -0.15) is 0 Å². The Kier molecular flexibility index (Phi) is 4.68. The molecule has 0 aromatic heterocycles. The van der Waals surface area contributed by atoms with Gasteiger partial charge >= 0.3 is 0 Å². The van der Waals surface area contributed by atoms with Gasteiger partial charge in [-0.05, 0) is 50.1 Å². The molecule has 1 nitrogen and oxygen atoms in total. The van der Waals surface area contributed by atoms with Crippen LogP contribution < -0.4 is 5.73 Å². The fourth-order valence-electron chi connectivity index (χ4n) is 1.22. The second-order valence-electron chi connectivity index (χ2n) is 3.61. The third kappa shape index (κ3) is 3.58. The summed E-state index contributed by atoms with van der Waals surface area (Å²) in [4.78, 5) is 0. The predicted octanol–water partition coefficient (Wildman–Crippen LogP) is 3.05. The van der Waals surface area contributed by atoms with E-state index in [2.05, 4.69) is 18.8 Å². The molecule has 0 bridgehead atoms. The molecule has 0 saturated carbocycles. The molecule has 15 heavy (non-hydrogen) atoms. The first-order chi connectivity index (χ1) is 7.15. The molecule has 80 valence electrons. The summed E-state index contributed by atoms with van der Waals surface area (Å²) in [6.45, 7) is 4.80. The number of benzene rings is 1. The molecule has 2 heteroatoms. The van der Waals surface area contributed by atoms with Gasteiger partial charge in [0.1, 0.15) is 0 Å². The van der Waals surface area contributed by atoms with Crippen LogP contribution in [0.4, 0.5) is 0 Å². The Labute approximate surface area is 96.6 Å². The van der Waals surface area contributed by atoms with Crippen LogP contribution in [0.5, 0.6) is 0 Å². The monoisotopic (exact) mass is 221 g/mol. The molecule has 2 N–H and O–H groups in total. The SMILES string of the molecule is Cc1cc(Cl)c(C#CCCCN)cc1C. The maximum Gasteiger partial charge on any atom is 0.0565 e. The lowest BCUT2D eigenvalue weighted by molar-refractivity contribution is 0.870. The van der Waals surface area contributed by atoms with Crippen LogP contribution in [-0.2, 0) is 0 Å². The van der Waals surface area contributed by atoms with E-state index in [4.69, 9.17) is 17.3 Å². The fraction of sp³-hybridized carbons (Fsp3) is 0.385. The van der Waals surface area contributed by atoms with Crippen molar-refractivity contribution in [2.75, 3.05) is 6.54 Å². The zero-order chi connectivity index (χ0) is 11.3. The average Bonchev–Trinajstić information content (AvgIpc) is 2.20. The summed E-state index contributed by atoms with van der Waals surface area (Å²) < 4.78 is 0. The molecule has 0 unspecified atom stereocenters. The van der Waals surface area contributed by atoms with Crippen LogP contribution >= 0.6 is 11.6 Å². The maximum atomic E-state index is 6.09. The van der Waals surface area contributed by atoms with E-state index in [1.807, 2.05) is 19.1 Å². The lowest BCUT2D eigenvalue weighted by Gasteiger charge is -2.02. The van der Waals surface area contributed by atoms with Gasteiger partial charge in [0.25, 0.3) is 0 Å². The molecule has 0 amide bonds. The van der Waals surface area contributed by atoms with Crippen molar-refractivity contribution >= 4 is 11.6 Å². The van der Waals surface area contributed by atoms with Gasteiger partial charge in [-0.3, -0.25) is 0 Å². The Bertz CT molecular complexity index is 399. The number of hydrogen-bond donors (Lipinski definition) is 1. The van der Waals surface area contributed by atoms with Crippen molar-refractivity contribution in [2.24, 2.45) is 5.73 Å². The van der Waals surface area contributed by atoms with Crippen molar-refractivity contribution in [3.05, 3.63) is 33.8 Å². The molecule has 0 aliphatic heterocycles. The molecular formula is C13H16ClN. The first kappa shape index (κ1) is 12.1. The van der Waals surface area contributed by atoms with E-state index in [0.29, 0.717) is 6.54 Å². The molecule has 0 spiro atoms. The topological polar surface area (TPSA) is 26.0 Å². The number of rotatable bonds is 2. The zero-order valence-electron chi connectivity index (χ0n) is 9.23. The van der Waals surface area contributed by atoms with E-state index >= 15 is 0 Å². The first-order valence-corrected chi connectivity index (χ1v) is 5.48. The second kappa shape index (κ2) is 5.80. The highest BCUT2D eigenvalue weighted by atomic mass is 35.5. The Hall–Kier alpha value is -0.970. The third-order valence-electron chi connectivity index (χ3n) is 2.31. The molecule has 0 fully saturated rings. The summed E-state index contributed by atoms with van der Waals surface area (Å²) >= 11 is 6.09. The molecule has 0 heterocycles. The summed E-state index contributed by atoms with van der Waals surface area (Å²) in [7, 11) is 0. The number of hydrogen-bond acceptors (Lipinski definition) is 1. The summed E-state index contributed by atoms with van der Waals surface area (Å²) in [5, 5.41) is 0.735. The molecule has 0 saturated heterocycles. The third-order valence-corrected chi connectivity index (χ3v) is 2.63. The van der Waals surface area contributed by atoms with Crippen molar-refractivity contribution in [1.82, 2.24) is 0 Å². The van der Waals surface area contributed by atoms with Gasteiger partial charge in [0, 0.05) is 12.0 Å². The van der Waals surface area contributed by atoms with Gasteiger partial charge in [-0.1, -0.05) is 23.4 Å². The Morgan fingerprint density at radius 2 is 1.93 bits per heavy atom. The van der Waals surface area contributed by atoms with Gasteiger partial charge in [0.15, 0.2) is 0 Å². The van der Waals surface area contributed by atoms with Crippen molar-refractivity contribution < 1.29 is 0 Å². The van der Waals surface area contributed by atoms with E-state index in [9.17, 15) is 0 Å². The quantitative estimate of drug-likeness (QED) is 0.603. The zero-order valence-corrected chi connectivity index (χ0v) is 9.99. The molecule has 0 aliphatic rings. The van der Waals surface area contributed by atoms with E-state index in [1.165, 1.54) is 11.1 Å². The first-order valence-electron chi connectivity index (χ1n) is 5.11. The van der Waals surface area contributed by atoms with E-state index < -0.39 is 0 Å². The van der Waals surface area contributed by atoms with Gasteiger partial charge in [0.05, 0.1) is 5.02 Å². The van der Waals surface area contributed by atoms with Crippen LogP contribution in [0.2, 0.25) is 5.02 Å². The minimum Gasteiger partial charge on any atom is -0.330 e. The van der Waals surface area contributed by atoms with Gasteiger partial charge in [-0.25, -0.2) is 0 Å². The van der Waals surface area contributed by atoms with Crippen LogP contribution in [0.25, 0.3) is 0 Å². The van der Waals surface area contributed by atoms with Crippen molar-refractivity contribution in [2.45, 2.75) is 26.7 Å². The number of nitrogens with two attached hydrogens (primary N) is 1. The molecule has 0 atom stereocenters. The molecule has 1 aromatic carbocycles. The highest BCUT2D eigenvalue weighted by Crippen LogP contribution is 2.19. The fourth-order valence-corrected chi connectivity index (χ4v) is 1.49. The van der Waals surface area contributed by atoms with Gasteiger partial charge in [0.2, 0.25) is 0 Å². The number of unbranched alkanes of at least 4 members (excludes halogenated alkanes) is 1. The van der Waals surface area contributed by atoms with E-state index in [1.54, 1.807) is 0 Å². The average molecular weight is 222 g/mol. The number of halogens is 1. The highest BCUT2D eigenvalue weighted by Gasteiger charge is 2.00. The summed E-state index contributed by atoms with van der Waals surface area (Å²) in [6, 6.07) is 4.00. The van der Waals surface area contributed by atoms with Gasteiger partial charge in [-0.15, -0.1) is 0 Å². The Morgan fingerprint density at radius 1 is 1.27 bits per heavy atom. The lowest BCUT2D eigenvalue weighted by atomic mass is 10.1. The van der Waals surface area contributed by atoms with Crippen molar-refractivity contribution in [3.63, 3.8) is 0 Å². The summed E-state index contributed by atoms with van der Waals surface area (Å²) in [5.41, 5.74) is 8.73. The summed E-state index contributed by atoms with van der Waals surface area (Å²) in [5.74, 6) is 6.15. The van der Waals surface area contributed by atoms with Crippen LogP contribution in [0, 0.1) is 25.7 Å². The van der Waals surface area contributed by atoms with Crippen LogP contribution in [0.1, 0.15) is 29.5 Å². The van der Waals surface area contributed by atoms with Crippen LogP contribution in [0.3, 0.4) is 0 Å². The minimum atomic E-state index is 0.690. The van der Waals surface area contributed by atoms with E-state index in [-0.39, 0.29) is 0 Å². The predicted molar refractivity (Wildman–Crippen MR) is 66.1 cm³/mol. The molecule has 1 aromatic rings. The Morgan fingerprint density at radius 3 is 2.60 bits per heavy atom. The molecule has 0 aliphatic carbocycles.